The lowest BCUT2D eigenvalue weighted by atomic mass is 9.93. The van der Waals surface area contributed by atoms with E-state index in [0.717, 1.165) is 32.2 Å². The van der Waals surface area contributed by atoms with Gasteiger partial charge in [-0.25, -0.2) is 18.1 Å². The summed E-state index contributed by atoms with van der Waals surface area (Å²) >= 11 is 0. The number of sulfonamides is 1. The van der Waals surface area contributed by atoms with Crippen LogP contribution in [-0.4, -0.2) is 91.5 Å². The zero-order valence-corrected chi connectivity index (χ0v) is 24.4. The molecule has 0 bridgehead atoms. The minimum Gasteiger partial charge on any atom is -0.393 e. The molecule has 1 aliphatic carbocycles. The Morgan fingerprint density at radius 3 is 2.51 bits per heavy atom. The number of nitrogens with zero attached hydrogens (tertiary/aromatic N) is 3. The standard InChI is InChI=1S/C28H41N7O5S/c1-2-3-13-30-28-31-19-24(27(34-28)33-21-6-8-22(36)9-7-21)26(29)20-4-10-23(11-5-20)41(38,39)32-14-12-25(37)35-15-17-40-18-16-35/h4-5,10-11,19,21-22,29,32,36H,2-3,6-9,12-18H2,1H3,(H2,30,31,33,34). The molecule has 1 saturated carbocycles. The summed E-state index contributed by atoms with van der Waals surface area (Å²) < 4.78 is 33.4. The Kier molecular flexibility index (Phi) is 11.0. The minimum absolute atomic E-state index is 0.000697. The third-order valence-corrected chi connectivity index (χ3v) is 8.83. The van der Waals surface area contributed by atoms with Crippen molar-refractivity contribution in [1.82, 2.24) is 19.6 Å². The van der Waals surface area contributed by atoms with E-state index in [-0.39, 0.29) is 41.6 Å². The number of benzene rings is 1. The molecule has 1 aliphatic heterocycles. The summed E-state index contributed by atoms with van der Waals surface area (Å²) in [4.78, 5) is 23.1. The number of hydrogen-bond acceptors (Lipinski definition) is 10. The molecule has 41 heavy (non-hydrogen) atoms. The highest BCUT2D eigenvalue weighted by atomic mass is 32.2. The summed E-state index contributed by atoms with van der Waals surface area (Å²) in [5.74, 6) is 0.907. The fourth-order valence-electron chi connectivity index (χ4n) is 4.85. The molecule has 12 nitrogen and oxygen atoms in total. The maximum absolute atomic E-state index is 12.8. The van der Waals surface area contributed by atoms with Crippen LogP contribution in [0.5, 0.6) is 0 Å². The van der Waals surface area contributed by atoms with Crippen LogP contribution >= 0.6 is 0 Å². The lowest BCUT2D eigenvalue weighted by molar-refractivity contribution is -0.135. The topological polar surface area (TPSA) is 170 Å². The molecule has 0 radical (unpaired) electrons. The monoisotopic (exact) mass is 587 g/mol. The number of carbonyl (C=O) groups excluding carboxylic acids is 1. The second-order valence-corrected chi connectivity index (χ2v) is 12.2. The number of nitrogens with one attached hydrogen (secondary N) is 4. The van der Waals surface area contributed by atoms with Crippen molar-refractivity contribution in [1.29, 1.82) is 5.41 Å². The summed E-state index contributed by atoms with van der Waals surface area (Å²) in [7, 11) is -3.82. The molecule has 1 aromatic carbocycles. The van der Waals surface area contributed by atoms with Crippen LogP contribution < -0.4 is 15.4 Å². The van der Waals surface area contributed by atoms with Crippen LogP contribution in [0.4, 0.5) is 11.8 Å². The Hall–Kier alpha value is -3.13. The van der Waals surface area contributed by atoms with Gasteiger partial charge in [-0.2, -0.15) is 4.98 Å². The fraction of sp³-hybridized carbons (Fsp3) is 0.571. The predicted molar refractivity (Wildman–Crippen MR) is 157 cm³/mol. The number of aliphatic hydroxyl groups excluding tert-OH is 1. The fourth-order valence-corrected chi connectivity index (χ4v) is 5.89. The highest BCUT2D eigenvalue weighted by Crippen LogP contribution is 2.25. The van der Waals surface area contributed by atoms with E-state index in [4.69, 9.17) is 10.1 Å². The number of morpholine rings is 1. The number of ether oxygens (including phenoxy) is 1. The Morgan fingerprint density at radius 1 is 1.12 bits per heavy atom. The van der Waals surface area contributed by atoms with Gasteiger partial charge in [0.2, 0.25) is 21.9 Å². The van der Waals surface area contributed by atoms with Crippen molar-refractivity contribution < 1.29 is 23.1 Å². The molecular formula is C28H41N7O5S. The first-order valence-electron chi connectivity index (χ1n) is 14.4. The number of aromatic nitrogens is 2. The molecule has 0 atom stereocenters. The number of amides is 1. The Bertz CT molecular complexity index is 1280. The summed E-state index contributed by atoms with van der Waals surface area (Å²) in [6.07, 6.45) is 6.45. The Morgan fingerprint density at radius 2 is 1.83 bits per heavy atom. The Labute approximate surface area is 241 Å². The molecule has 1 saturated heterocycles. The lowest BCUT2D eigenvalue weighted by Gasteiger charge is -2.27. The van der Waals surface area contributed by atoms with Gasteiger partial charge in [0, 0.05) is 50.4 Å². The molecule has 5 N–H and O–H groups in total. The number of aliphatic hydroxyl groups is 1. The van der Waals surface area contributed by atoms with Gasteiger partial charge in [0.25, 0.3) is 0 Å². The van der Waals surface area contributed by atoms with Gasteiger partial charge in [-0.3, -0.25) is 10.2 Å². The Balaban J connectivity index is 1.43. The predicted octanol–water partition coefficient (Wildman–Crippen LogP) is 2.35. The molecule has 2 fully saturated rings. The van der Waals surface area contributed by atoms with Gasteiger partial charge >= 0.3 is 0 Å². The van der Waals surface area contributed by atoms with E-state index >= 15 is 0 Å². The van der Waals surface area contributed by atoms with Crippen LogP contribution in [0.15, 0.2) is 35.4 Å². The first-order chi connectivity index (χ1) is 19.8. The van der Waals surface area contributed by atoms with Crippen molar-refractivity contribution in [3.8, 4) is 0 Å². The highest BCUT2D eigenvalue weighted by molar-refractivity contribution is 7.89. The van der Waals surface area contributed by atoms with Gasteiger partial charge < -0.3 is 25.4 Å². The lowest BCUT2D eigenvalue weighted by Crippen LogP contribution is -2.42. The summed E-state index contributed by atoms with van der Waals surface area (Å²) in [5.41, 5.74) is 1.19. The van der Waals surface area contributed by atoms with Crippen LogP contribution in [0, 0.1) is 5.41 Å². The second kappa shape index (κ2) is 14.7. The van der Waals surface area contributed by atoms with Gasteiger partial charge in [0.1, 0.15) is 5.82 Å². The van der Waals surface area contributed by atoms with E-state index in [1.54, 1.807) is 23.2 Å². The molecule has 2 aromatic rings. The van der Waals surface area contributed by atoms with Crippen LogP contribution in [0.25, 0.3) is 0 Å². The molecule has 1 amide bonds. The largest absolute Gasteiger partial charge is 0.393 e. The van der Waals surface area contributed by atoms with E-state index in [2.05, 4.69) is 32.2 Å². The second-order valence-electron chi connectivity index (χ2n) is 10.4. The SMILES string of the molecule is CCCCNc1ncc(C(=N)c2ccc(S(=O)(=O)NCCC(=O)N3CCOCC3)cc2)c(NC2CCC(O)CC2)n1. The van der Waals surface area contributed by atoms with Crippen molar-refractivity contribution in [3.05, 3.63) is 41.6 Å². The van der Waals surface area contributed by atoms with Gasteiger partial charge in [-0.05, 0) is 44.2 Å². The van der Waals surface area contributed by atoms with E-state index in [1.807, 2.05) is 0 Å². The van der Waals surface area contributed by atoms with Crippen molar-refractivity contribution in [2.75, 3.05) is 50.0 Å². The third-order valence-electron chi connectivity index (χ3n) is 7.36. The zero-order chi connectivity index (χ0) is 29.2. The number of rotatable bonds is 13. The molecule has 2 aliphatic rings. The first-order valence-corrected chi connectivity index (χ1v) is 15.8. The van der Waals surface area contributed by atoms with Gasteiger partial charge in [0.15, 0.2) is 0 Å². The van der Waals surface area contributed by atoms with E-state index in [9.17, 15) is 18.3 Å². The van der Waals surface area contributed by atoms with Crippen molar-refractivity contribution in [3.63, 3.8) is 0 Å². The van der Waals surface area contributed by atoms with E-state index in [1.165, 1.54) is 12.1 Å². The maximum Gasteiger partial charge on any atom is 0.240 e. The molecule has 0 unspecified atom stereocenters. The number of carbonyl (C=O) groups is 1. The molecule has 2 heterocycles. The molecule has 1 aromatic heterocycles. The normalized spacial score (nSPS) is 19.5. The molecule has 224 valence electrons. The number of hydrogen-bond donors (Lipinski definition) is 5. The van der Waals surface area contributed by atoms with Gasteiger partial charge in [-0.1, -0.05) is 25.5 Å². The zero-order valence-electron chi connectivity index (χ0n) is 23.6. The number of anilines is 2. The number of unbranched alkanes of at least 4 members (excludes halogenated alkanes) is 1. The quantitative estimate of drug-likeness (QED) is 0.174. The smallest absolute Gasteiger partial charge is 0.240 e. The molecule has 0 spiro atoms. The maximum atomic E-state index is 12.8. The van der Waals surface area contributed by atoms with Crippen LogP contribution in [-0.2, 0) is 19.6 Å². The van der Waals surface area contributed by atoms with Crippen LogP contribution in [0.1, 0.15) is 63.0 Å². The molecule has 13 heteroatoms. The van der Waals surface area contributed by atoms with Crippen molar-refractivity contribution in [2.45, 2.75) is 68.9 Å². The van der Waals surface area contributed by atoms with Gasteiger partial charge in [-0.15, -0.1) is 0 Å². The van der Waals surface area contributed by atoms with Crippen molar-refractivity contribution in [2.24, 2.45) is 0 Å². The average molecular weight is 588 g/mol. The van der Waals surface area contributed by atoms with Gasteiger partial charge in [0.05, 0.1) is 35.5 Å². The summed E-state index contributed by atoms with van der Waals surface area (Å²) in [5, 5.41) is 25.5. The van der Waals surface area contributed by atoms with E-state index < -0.39 is 10.0 Å². The van der Waals surface area contributed by atoms with Crippen LogP contribution in [0.3, 0.4) is 0 Å². The minimum atomic E-state index is -3.82. The van der Waals surface area contributed by atoms with Crippen molar-refractivity contribution >= 4 is 33.4 Å². The van der Waals surface area contributed by atoms with Crippen LogP contribution in [0.2, 0.25) is 0 Å². The summed E-state index contributed by atoms with van der Waals surface area (Å²) in [6.45, 7) is 4.87. The summed E-state index contributed by atoms with van der Waals surface area (Å²) in [6, 6.07) is 6.20. The van der Waals surface area contributed by atoms with E-state index in [0.29, 0.717) is 62.0 Å². The third kappa shape index (κ3) is 8.68. The molecule has 4 rings (SSSR count). The highest BCUT2D eigenvalue weighted by Gasteiger charge is 2.23. The molecular weight excluding hydrogens is 546 g/mol. The average Bonchev–Trinajstić information content (AvgIpc) is 2.99. The first kappa shape index (κ1) is 30.8.